The Hall–Kier alpha value is -2.31. The Bertz CT molecular complexity index is 1810. The van der Waals surface area contributed by atoms with E-state index in [9.17, 15) is 45.6 Å². The van der Waals surface area contributed by atoms with Gasteiger partial charge in [0.25, 0.3) is 0 Å². The molecule has 0 aromatic carbocycles. The van der Waals surface area contributed by atoms with Crippen LogP contribution in [-0.2, 0) is 23.7 Å². The van der Waals surface area contributed by atoms with E-state index in [1.54, 1.807) is 6.08 Å². The molecule has 0 aliphatic carbocycles. The summed E-state index contributed by atoms with van der Waals surface area (Å²) in [6.07, 6.45) is 70.1. The van der Waals surface area contributed by atoms with Crippen LogP contribution in [-0.4, -0.2) is 140 Å². The molecule has 1 amide bonds. The average Bonchev–Trinajstić information content (AvgIpc) is 0.794. The molecule has 14 nitrogen and oxygen atoms in total. The first-order chi connectivity index (χ1) is 46.1. The second kappa shape index (κ2) is 64.1. The minimum absolute atomic E-state index is 0.237. The lowest BCUT2D eigenvalue weighted by atomic mass is 9.97. The largest absolute Gasteiger partial charge is 0.394 e. The van der Waals surface area contributed by atoms with Gasteiger partial charge in [0, 0.05) is 6.42 Å². The number of hydrogen-bond acceptors (Lipinski definition) is 13. The number of nitrogens with one attached hydrogen (secondary N) is 1. The molecule has 2 heterocycles. The van der Waals surface area contributed by atoms with E-state index in [-0.39, 0.29) is 18.9 Å². The molecule has 0 bridgehead atoms. The zero-order valence-electron chi connectivity index (χ0n) is 60.2. The van der Waals surface area contributed by atoms with Gasteiger partial charge in [0.15, 0.2) is 12.6 Å². The number of aliphatic hydroxyl groups is 8. The van der Waals surface area contributed by atoms with Gasteiger partial charge < -0.3 is 65.1 Å². The summed E-state index contributed by atoms with van der Waals surface area (Å²) in [7, 11) is 0. The summed E-state index contributed by atoms with van der Waals surface area (Å²) >= 11 is 0. The quantitative estimate of drug-likeness (QED) is 0.0204. The molecule has 9 N–H and O–H groups in total. The molecule has 2 rings (SSSR count). The Balaban J connectivity index is 1.62. The molecule has 550 valence electrons. The molecule has 94 heavy (non-hydrogen) atoms. The molecule has 0 spiro atoms. The number of rotatable bonds is 66. The SMILES string of the molecule is CC/C=C\C/C=C\C/C=C\C/C=C\CCCCCCCCCCCCCCCCC(=O)NC(COC1OC(CO)C(OC2OC(CO)C(O)C(O)C2O)C(O)C1O)C(O)/C=C/CCCCCCCCCCCCCCCCCCCCCCCCCCCCCCCCC. The van der Waals surface area contributed by atoms with Crippen molar-refractivity contribution >= 4 is 5.91 Å². The molecule has 2 aliphatic rings. The number of allylic oxidation sites excluding steroid dienone is 9. The predicted octanol–water partition coefficient (Wildman–Crippen LogP) is 17.6. The molecule has 14 heteroatoms. The van der Waals surface area contributed by atoms with Gasteiger partial charge in [-0.15, -0.1) is 0 Å². The fourth-order valence-electron chi connectivity index (χ4n) is 13.0. The molecule has 2 aliphatic heterocycles. The van der Waals surface area contributed by atoms with Gasteiger partial charge in [-0.25, -0.2) is 0 Å². The second-order valence-electron chi connectivity index (χ2n) is 27.8. The van der Waals surface area contributed by atoms with Crippen molar-refractivity contribution in [1.29, 1.82) is 0 Å². The third-order valence-electron chi connectivity index (χ3n) is 19.2. The molecule has 2 saturated heterocycles. The van der Waals surface area contributed by atoms with Crippen LogP contribution < -0.4 is 5.32 Å². The Kier molecular flexibility index (Phi) is 59.8. The van der Waals surface area contributed by atoms with Crippen LogP contribution in [0.5, 0.6) is 0 Å². The standard InChI is InChI=1S/C80H147NO13/c1-3-5-7-9-11-13-15-17-19-21-23-25-27-29-31-32-33-34-35-36-38-39-41-43-45-47-49-51-53-55-57-59-61-63-69(84)68(67-91-79-77(90)75(88)78(71(66-83)93-79)94-80-76(89)74(87)73(86)70(65-82)92-80)81-72(85)64-62-60-58-56-54-52-50-48-46-44-42-40-37-30-28-26-24-22-20-18-16-14-12-10-8-6-4-2/h6,8,12,14,18,20,24,26,61,63,68-71,73-80,82-84,86-90H,3-5,7,9-11,13,15-17,19,21-23,25,27-60,62,64-67H2,1-2H3,(H,81,85)/b8-6-,14-12-,20-18-,26-24-,63-61+. The number of hydrogen-bond donors (Lipinski definition) is 9. The van der Waals surface area contributed by atoms with Crippen LogP contribution in [0, 0.1) is 0 Å². The Morgan fingerprint density at radius 2 is 0.734 bits per heavy atom. The summed E-state index contributed by atoms with van der Waals surface area (Å²) in [5.74, 6) is -0.237. The van der Waals surface area contributed by atoms with Crippen molar-refractivity contribution in [1.82, 2.24) is 5.32 Å². The number of ether oxygens (including phenoxy) is 4. The van der Waals surface area contributed by atoms with Crippen molar-refractivity contribution in [2.45, 2.75) is 421 Å². The zero-order chi connectivity index (χ0) is 68.0. The first-order valence-corrected chi connectivity index (χ1v) is 39.5. The van der Waals surface area contributed by atoms with Gasteiger partial charge in [0.2, 0.25) is 5.91 Å². The maximum Gasteiger partial charge on any atom is 0.220 e. The second-order valence-corrected chi connectivity index (χ2v) is 27.8. The normalized spacial score (nSPS) is 22.7. The van der Waals surface area contributed by atoms with Crippen molar-refractivity contribution in [2.75, 3.05) is 19.8 Å². The lowest BCUT2D eigenvalue weighted by molar-refractivity contribution is -0.359. The van der Waals surface area contributed by atoms with Gasteiger partial charge in [-0.05, 0) is 57.8 Å². The van der Waals surface area contributed by atoms with Gasteiger partial charge in [0.1, 0.15) is 48.8 Å². The van der Waals surface area contributed by atoms with E-state index in [1.165, 1.54) is 257 Å². The summed E-state index contributed by atoms with van der Waals surface area (Å²) < 4.78 is 22.9. The number of amides is 1. The maximum atomic E-state index is 13.4. The zero-order valence-corrected chi connectivity index (χ0v) is 60.2. The van der Waals surface area contributed by atoms with Crippen LogP contribution in [0.4, 0.5) is 0 Å². The third-order valence-corrected chi connectivity index (χ3v) is 19.2. The van der Waals surface area contributed by atoms with Crippen molar-refractivity contribution in [3.05, 3.63) is 60.8 Å². The van der Waals surface area contributed by atoms with Crippen LogP contribution in [0.3, 0.4) is 0 Å². The van der Waals surface area contributed by atoms with Gasteiger partial charge in [-0.1, -0.05) is 344 Å². The molecule has 2 fully saturated rings. The fourth-order valence-corrected chi connectivity index (χ4v) is 13.0. The highest BCUT2D eigenvalue weighted by Crippen LogP contribution is 2.30. The maximum absolute atomic E-state index is 13.4. The Morgan fingerprint density at radius 3 is 1.13 bits per heavy atom. The molecular formula is C80H147NO13. The monoisotopic (exact) mass is 1330 g/mol. The molecular weight excluding hydrogens is 1180 g/mol. The molecule has 0 aromatic heterocycles. The van der Waals surface area contributed by atoms with Gasteiger partial charge in [0.05, 0.1) is 32.0 Å². The van der Waals surface area contributed by atoms with Gasteiger partial charge in [-0.3, -0.25) is 4.79 Å². The van der Waals surface area contributed by atoms with E-state index in [4.69, 9.17) is 18.9 Å². The lowest BCUT2D eigenvalue weighted by Gasteiger charge is -2.46. The lowest BCUT2D eigenvalue weighted by Crippen LogP contribution is -2.65. The summed E-state index contributed by atoms with van der Waals surface area (Å²) in [6, 6.07) is -0.919. The van der Waals surface area contributed by atoms with Crippen LogP contribution in [0.1, 0.15) is 348 Å². The van der Waals surface area contributed by atoms with Crippen molar-refractivity contribution in [3.8, 4) is 0 Å². The van der Waals surface area contributed by atoms with E-state index in [0.717, 1.165) is 64.2 Å². The number of carbonyl (C=O) groups is 1. The first kappa shape index (κ1) is 87.8. The molecule has 12 unspecified atom stereocenters. The van der Waals surface area contributed by atoms with E-state index in [2.05, 4.69) is 67.8 Å². The van der Waals surface area contributed by atoms with Crippen LogP contribution >= 0.6 is 0 Å². The van der Waals surface area contributed by atoms with Gasteiger partial charge in [-0.2, -0.15) is 0 Å². The van der Waals surface area contributed by atoms with Crippen molar-refractivity contribution in [3.63, 3.8) is 0 Å². The van der Waals surface area contributed by atoms with E-state index in [1.807, 2.05) is 6.08 Å². The molecule has 12 atom stereocenters. The topological polar surface area (TPSA) is 228 Å². The minimum Gasteiger partial charge on any atom is -0.394 e. The first-order valence-electron chi connectivity index (χ1n) is 39.5. The molecule has 0 saturated carbocycles. The Morgan fingerprint density at radius 1 is 0.394 bits per heavy atom. The summed E-state index contributed by atoms with van der Waals surface area (Å²) in [5.41, 5.74) is 0. The molecule has 0 aromatic rings. The minimum atomic E-state index is -1.79. The van der Waals surface area contributed by atoms with E-state index in [0.29, 0.717) is 6.42 Å². The number of unbranched alkanes of at least 4 members (excludes halogenated alkanes) is 45. The summed E-state index contributed by atoms with van der Waals surface area (Å²) in [4.78, 5) is 13.4. The summed E-state index contributed by atoms with van der Waals surface area (Å²) in [5, 5.41) is 87.7. The highest BCUT2D eigenvalue weighted by molar-refractivity contribution is 5.76. The van der Waals surface area contributed by atoms with Crippen molar-refractivity contribution < 1.29 is 64.6 Å². The van der Waals surface area contributed by atoms with Crippen molar-refractivity contribution in [2.24, 2.45) is 0 Å². The van der Waals surface area contributed by atoms with Crippen LogP contribution in [0.2, 0.25) is 0 Å². The van der Waals surface area contributed by atoms with E-state index < -0.39 is 86.8 Å². The predicted molar refractivity (Wildman–Crippen MR) is 387 cm³/mol. The highest BCUT2D eigenvalue weighted by Gasteiger charge is 2.51. The molecule has 0 radical (unpaired) electrons. The van der Waals surface area contributed by atoms with Crippen LogP contribution in [0.25, 0.3) is 0 Å². The van der Waals surface area contributed by atoms with Gasteiger partial charge >= 0.3 is 0 Å². The summed E-state index contributed by atoms with van der Waals surface area (Å²) in [6.45, 7) is 2.74. The average molecular weight is 1330 g/mol. The van der Waals surface area contributed by atoms with Crippen LogP contribution in [0.15, 0.2) is 60.8 Å². The number of carbonyl (C=O) groups excluding carboxylic acids is 1. The Labute approximate surface area is 575 Å². The highest BCUT2D eigenvalue weighted by atomic mass is 16.7. The van der Waals surface area contributed by atoms with E-state index >= 15 is 0 Å². The number of aliphatic hydroxyl groups excluding tert-OH is 8. The smallest absolute Gasteiger partial charge is 0.220 e. The third kappa shape index (κ3) is 46.9. The fraction of sp³-hybridized carbons (Fsp3) is 0.863.